The largest absolute Gasteiger partial charge is 0.486 e. The number of benzene rings is 3. The smallest absolute Gasteiger partial charge is 0.264 e. The highest BCUT2D eigenvalue weighted by atomic mass is 32.2. The van der Waals surface area contributed by atoms with Gasteiger partial charge in [-0.1, -0.05) is 23.8 Å². The number of carbonyl (C=O) groups is 1. The zero-order valence-electron chi connectivity index (χ0n) is 18.8. The number of anilines is 2. The van der Waals surface area contributed by atoms with Gasteiger partial charge in [0.05, 0.1) is 10.6 Å². The second kappa shape index (κ2) is 9.15. The first-order valence-electron chi connectivity index (χ1n) is 10.6. The molecule has 3 aromatic rings. The highest BCUT2D eigenvalue weighted by Crippen LogP contribution is 2.33. The molecule has 7 nitrogen and oxygen atoms in total. The SMILES string of the molecule is Cc1ccc(S(=O)(=O)N(CC(=O)Nc2ccc3c(c2)OCCO3)c2cc(C)cc(C)c2)cc1. The Morgan fingerprint density at radius 2 is 1.48 bits per heavy atom. The van der Waals surface area contributed by atoms with E-state index in [0.717, 1.165) is 21.0 Å². The number of amides is 1. The van der Waals surface area contributed by atoms with E-state index in [1.165, 1.54) is 0 Å². The van der Waals surface area contributed by atoms with E-state index in [0.29, 0.717) is 36.1 Å². The molecular weight excluding hydrogens is 440 g/mol. The summed E-state index contributed by atoms with van der Waals surface area (Å²) >= 11 is 0. The monoisotopic (exact) mass is 466 g/mol. The van der Waals surface area contributed by atoms with Crippen LogP contribution in [-0.2, 0) is 14.8 Å². The lowest BCUT2D eigenvalue weighted by Gasteiger charge is -2.25. The molecule has 0 aromatic heterocycles. The number of nitrogens with one attached hydrogen (secondary N) is 1. The van der Waals surface area contributed by atoms with Crippen molar-refractivity contribution in [2.45, 2.75) is 25.7 Å². The molecule has 0 bridgehead atoms. The zero-order chi connectivity index (χ0) is 23.6. The molecule has 3 aromatic carbocycles. The van der Waals surface area contributed by atoms with Gasteiger partial charge in [-0.25, -0.2) is 8.42 Å². The van der Waals surface area contributed by atoms with Crippen molar-refractivity contribution >= 4 is 27.3 Å². The molecule has 0 radical (unpaired) electrons. The third-order valence-electron chi connectivity index (χ3n) is 5.22. The Bertz CT molecular complexity index is 1270. The highest BCUT2D eigenvalue weighted by Gasteiger charge is 2.28. The minimum atomic E-state index is -3.98. The summed E-state index contributed by atoms with van der Waals surface area (Å²) in [6.45, 7) is 6.19. The van der Waals surface area contributed by atoms with Gasteiger partial charge in [0.25, 0.3) is 10.0 Å². The van der Waals surface area contributed by atoms with E-state index in [2.05, 4.69) is 5.32 Å². The quantitative estimate of drug-likeness (QED) is 0.588. The summed E-state index contributed by atoms with van der Waals surface area (Å²) in [7, 11) is -3.98. The Balaban J connectivity index is 1.64. The fraction of sp³-hybridized carbons (Fsp3) is 0.240. The van der Waals surface area contributed by atoms with Gasteiger partial charge in [0.2, 0.25) is 5.91 Å². The van der Waals surface area contributed by atoms with Crippen molar-refractivity contribution in [3.8, 4) is 11.5 Å². The maximum atomic E-state index is 13.6. The molecule has 0 unspecified atom stereocenters. The maximum Gasteiger partial charge on any atom is 0.264 e. The van der Waals surface area contributed by atoms with Crippen LogP contribution in [-0.4, -0.2) is 34.1 Å². The fourth-order valence-electron chi connectivity index (χ4n) is 3.70. The zero-order valence-corrected chi connectivity index (χ0v) is 19.6. The van der Waals surface area contributed by atoms with Gasteiger partial charge in [-0.05, 0) is 68.3 Å². The number of rotatable bonds is 6. The van der Waals surface area contributed by atoms with Crippen LogP contribution in [0.3, 0.4) is 0 Å². The summed E-state index contributed by atoms with van der Waals surface area (Å²) < 4.78 is 39.3. The molecule has 0 fully saturated rings. The Hall–Kier alpha value is -3.52. The first kappa shape index (κ1) is 22.7. The number of ether oxygens (including phenoxy) is 2. The van der Waals surface area contributed by atoms with Crippen LogP contribution in [0.5, 0.6) is 11.5 Å². The summed E-state index contributed by atoms with van der Waals surface area (Å²) in [5.41, 5.74) is 3.69. The number of hydrogen-bond donors (Lipinski definition) is 1. The normalized spacial score (nSPS) is 12.8. The molecule has 0 atom stereocenters. The molecule has 1 amide bonds. The fourth-order valence-corrected chi connectivity index (χ4v) is 5.10. The van der Waals surface area contributed by atoms with Crippen LogP contribution >= 0.6 is 0 Å². The van der Waals surface area contributed by atoms with Crippen molar-refractivity contribution in [3.63, 3.8) is 0 Å². The second-order valence-electron chi connectivity index (χ2n) is 8.08. The Morgan fingerprint density at radius 3 is 2.15 bits per heavy atom. The van der Waals surface area contributed by atoms with Crippen molar-refractivity contribution in [2.24, 2.45) is 0 Å². The summed E-state index contributed by atoms with van der Waals surface area (Å²) in [6.07, 6.45) is 0. The van der Waals surface area contributed by atoms with E-state index >= 15 is 0 Å². The molecule has 0 saturated heterocycles. The summed E-state index contributed by atoms with van der Waals surface area (Å²) in [4.78, 5) is 13.1. The predicted octanol–water partition coefficient (Wildman–Crippen LogP) is 4.22. The van der Waals surface area contributed by atoms with Crippen molar-refractivity contribution in [1.29, 1.82) is 0 Å². The molecule has 8 heteroatoms. The molecule has 0 spiro atoms. The lowest BCUT2D eigenvalue weighted by Crippen LogP contribution is -2.38. The van der Waals surface area contributed by atoms with Crippen LogP contribution in [0.2, 0.25) is 0 Å². The van der Waals surface area contributed by atoms with Crippen molar-refractivity contribution in [3.05, 3.63) is 77.4 Å². The molecule has 172 valence electrons. The van der Waals surface area contributed by atoms with Gasteiger partial charge in [0.15, 0.2) is 11.5 Å². The number of sulfonamides is 1. The van der Waals surface area contributed by atoms with Crippen LogP contribution < -0.4 is 19.1 Å². The van der Waals surface area contributed by atoms with E-state index in [9.17, 15) is 13.2 Å². The minimum Gasteiger partial charge on any atom is -0.486 e. The standard InChI is InChI=1S/C25H26N2O5S/c1-17-4-7-22(8-5-17)33(29,30)27(21-13-18(2)12-19(3)14-21)16-25(28)26-20-6-9-23-24(15-20)32-11-10-31-23/h4-9,12-15H,10-11,16H2,1-3H3,(H,26,28). The van der Waals surface area contributed by atoms with Gasteiger partial charge in [0, 0.05) is 11.8 Å². The van der Waals surface area contributed by atoms with Crippen molar-refractivity contribution in [1.82, 2.24) is 0 Å². The molecule has 1 N–H and O–H groups in total. The Morgan fingerprint density at radius 1 is 0.848 bits per heavy atom. The first-order valence-corrected chi connectivity index (χ1v) is 12.0. The molecule has 33 heavy (non-hydrogen) atoms. The topological polar surface area (TPSA) is 84.9 Å². The van der Waals surface area contributed by atoms with E-state index in [1.807, 2.05) is 26.8 Å². The lowest BCUT2D eigenvalue weighted by molar-refractivity contribution is -0.114. The first-order chi connectivity index (χ1) is 15.7. The van der Waals surface area contributed by atoms with Crippen LogP contribution in [0.15, 0.2) is 65.6 Å². The van der Waals surface area contributed by atoms with Gasteiger partial charge in [-0.15, -0.1) is 0 Å². The second-order valence-corrected chi connectivity index (χ2v) is 9.94. The number of carbonyl (C=O) groups excluding carboxylic acids is 1. The number of fused-ring (bicyclic) bond motifs is 1. The van der Waals surface area contributed by atoms with Crippen LogP contribution in [0.1, 0.15) is 16.7 Å². The number of hydrogen-bond acceptors (Lipinski definition) is 5. The van der Waals surface area contributed by atoms with E-state index in [-0.39, 0.29) is 11.4 Å². The maximum absolute atomic E-state index is 13.6. The molecule has 0 saturated carbocycles. The molecule has 0 aliphatic carbocycles. The van der Waals surface area contributed by atoms with Crippen molar-refractivity contribution in [2.75, 3.05) is 29.4 Å². The highest BCUT2D eigenvalue weighted by molar-refractivity contribution is 7.92. The molecule has 1 aliphatic rings. The summed E-state index contributed by atoms with van der Waals surface area (Å²) in [5.74, 6) is 0.678. The summed E-state index contributed by atoms with van der Waals surface area (Å²) in [5, 5.41) is 2.77. The minimum absolute atomic E-state index is 0.124. The Labute approximate surface area is 194 Å². The van der Waals surface area contributed by atoms with Gasteiger partial charge >= 0.3 is 0 Å². The average molecular weight is 467 g/mol. The Kier molecular flexibility index (Phi) is 6.29. The molecule has 4 rings (SSSR count). The van der Waals surface area contributed by atoms with Crippen LogP contribution in [0, 0.1) is 20.8 Å². The lowest BCUT2D eigenvalue weighted by atomic mass is 10.1. The van der Waals surface area contributed by atoms with Crippen LogP contribution in [0.25, 0.3) is 0 Å². The third kappa shape index (κ3) is 5.12. The van der Waals surface area contributed by atoms with Gasteiger partial charge < -0.3 is 14.8 Å². The van der Waals surface area contributed by atoms with Crippen LogP contribution in [0.4, 0.5) is 11.4 Å². The van der Waals surface area contributed by atoms with E-state index in [1.54, 1.807) is 54.6 Å². The van der Waals surface area contributed by atoms with E-state index < -0.39 is 15.9 Å². The van der Waals surface area contributed by atoms with Gasteiger partial charge in [-0.2, -0.15) is 0 Å². The van der Waals surface area contributed by atoms with Crippen molar-refractivity contribution < 1.29 is 22.7 Å². The molecule has 1 aliphatic heterocycles. The molecule has 1 heterocycles. The average Bonchev–Trinajstić information content (AvgIpc) is 2.77. The summed E-state index contributed by atoms with van der Waals surface area (Å²) in [6, 6.07) is 17.1. The van der Waals surface area contributed by atoms with Gasteiger partial charge in [-0.3, -0.25) is 9.10 Å². The van der Waals surface area contributed by atoms with Gasteiger partial charge in [0.1, 0.15) is 19.8 Å². The third-order valence-corrected chi connectivity index (χ3v) is 7.00. The number of nitrogens with zero attached hydrogens (tertiary/aromatic N) is 1. The predicted molar refractivity (Wildman–Crippen MR) is 128 cm³/mol. The molecular formula is C25H26N2O5S. The van der Waals surface area contributed by atoms with E-state index in [4.69, 9.17) is 9.47 Å². The number of aryl methyl sites for hydroxylation is 3.